The van der Waals surface area contributed by atoms with Gasteiger partial charge in [-0.15, -0.1) is 0 Å². The molecule has 0 radical (unpaired) electrons. The monoisotopic (exact) mass is 496 g/mol. The Morgan fingerprint density at radius 2 is 1.33 bits per heavy atom. The van der Waals surface area contributed by atoms with Crippen molar-refractivity contribution in [1.82, 2.24) is 0 Å². The van der Waals surface area contributed by atoms with Crippen LogP contribution in [-0.2, 0) is 0 Å². The summed E-state index contributed by atoms with van der Waals surface area (Å²) < 4.78 is 0. The van der Waals surface area contributed by atoms with Crippen LogP contribution >= 0.6 is 0 Å². The van der Waals surface area contributed by atoms with Gasteiger partial charge in [-0.05, 0) is 130 Å². The maximum absolute atomic E-state index is 10.1. The maximum atomic E-state index is 10.1. The molecule has 0 saturated heterocycles. The molecule has 0 fully saturated rings. The zero-order valence-electron chi connectivity index (χ0n) is 24.4. The first-order chi connectivity index (χ1) is 17.2. The van der Waals surface area contributed by atoms with E-state index in [9.17, 15) is 10.2 Å². The average molecular weight is 497 g/mol. The second-order valence-electron chi connectivity index (χ2n) is 11.6. The summed E-state index contributed by atoms with van der Waals surface area (Å²) in [5.74, 6) is 0.657. The molecule has 3 atom stereocenters. The normalized spacial score (nSPS) is 20.7. The first-order valence-electron chi connectivity index (χ1n) is 14.3. The summed E-state index contributed by atoms with van der Waals surface area (Å²) in [5.41, 5.74) is 8.47. The molecule has 1 rings (SSSR count). The molecule has 2 heteroatoms. The minimum absolute atomic E-state index is 0.156. The van der Waals surface area contributed by atoms with E-state index < -0.39 is 0 Å². The number of rotatable bonds is 17. The number of allylic oxidation sites excluding steroid dienone is 11. The Kier molecular flexibility index (Phi) is 16.7. The molecule has 204 valence electrons. The third kappa shape index (κ3) is 14.2. The second kappa shape index (κ2) is 18.6. The Bertz CT molecular complexity index is 797. The first-order valence-corrected chi connectivity index (χ1v) is 14.3. The van der Waals surface area contributed by atoms with Crippen LogP contribution in [0.3, 0.4) is 0 Å². The van der Waals surface area contributed by atoms with Crippen molar-refractivity contribution in [3.63, 3.8) is 0 Å². The van der Waals surface area contributed by atoms with Crippen LogP contribution in [0.15, 0.2) is 70.4 Å². The molecule has 2 nitrogen and oxygen atoms in total. The van der Waals surface area contributed by atoms with E-state index in [1.54, 1.807) is 0 Å². The third-order valence-electron chi connectivity index (χ3n) is 7.54. The van der Waals surface area contributed by atoms with E-state index in [2.05, 4.69) is 78.5 Å². The molecule has 1 aliphatic carbocycles. The summed E-state index contributed by atoms with van der Waals surface area (Å²) in [6.07, 6.45) is 23.5. The highest BCUT2D eigenvalue weighted by Gasteiger charge is 2.32. The van der Waals surface area contributed by atoms with Gasteiger partial charge in [0.15, 0.2) is 0 Å². The Morgan fingerprint density at radius 1 is 0.778 bits per heavy atom. The average Bonchev–Trinajstić information content (AvgIpc) is 2.81. The summed E-state index contributed by atoms with van der Waals surface area (Å²) in [6.45, 7) is 17.8. The van der Waals surface area contributed by atoms with Crippen LogP contribution in [-0.4, -0.2) is 23.4 Å². The van der Waals surface area contributed by atoms with E-state index in [1.807, 2.05) is 0 Å². The number of hydrogen-bond acceptors (Lipinski definition) is 2. The Morgan fingerprint density at radius 3 is 1.86 bits per heavy atom. The van der Waals surface area contributed by atoms with Gasteiger partial charge in [0, 0.05) is 13.2 Å². The largest absolute Gasteiger partial charge is 0.396 e. The van der Waals surface area contributed by atoms with Gasteiger partial charge in [-0.2, -0.15) is 0 Å². The van der Waals surface area contributed by atoms with Crippen LogP contribution in [0.1, 0.15) is 112 Å². The molecule has 0 spiro atoms. The Hall–Kier alpha value is -1.64. The van der Waals surface area contributed by atoms with Gasteiger partial charge in [-0.25, -0.2) is 0 Å². The molecule has 0 aromatic rings. The van der Waals surface area contributed by atoms with E-state index in [0.717, 1.165) is 70.6 Å². The number of aliphatic hydroxyl groups is 2. The molecule has 36 heavy (non-hydrogen) atoms. The van der Waals surface area contributed by atoms with Crippen molar-refractivity contribution in [2.45, 2.75) is 112 Å². The fourth-order valence-corrected chi connectivity index (χ4v) is 5.20. The topological polar surface area (TPSA) is 40.5 Å². The summed E-state index contributed by atoms with van der Waals surface area (Å²) >= 11 is 0. The molecular weight excluding hydrogens is 440 g/mol. The van der Waals surface area contributed by atoms with E-state index in [0.29, 0.717) is 5.92 Å². The lowest BCUT2D eigenvalue weighted by Crippen LogP contribution is -2.32. The zero-order valence-corrected chi connectivity index (χ0v) is 24.4. The predicted molar refractivity (Wildman–Crippen MR) is 159 cm³/mol. The van der Waals surface area contributed by atoms with Crippen molar-refractivity contribution in [2.24, 2.45) is 17.8 Å². The van der Waals surface area contributed by atoms with Gasteiger partial charge in [0.05, 0.1) is 0 Å². The minimum atomic E-state index is 0.156. The maximum Gasteiger partial charge on any atom is 0.0468 e. The molecule has 0 heterocycles. The summed E-state index contributed by atoms with van der Waals surface area (Å²) in [4.78, 5) is 0. The van der Waals surface area contributed by atoms with Gasteiger partial charge in [0.25, 0.3) is 0 Å². The van der Waals surface area contributed by atoms with Gasteiger partial charge in [0.2, 0.25) is 0 Å². The van der Waals surface area contributed by atoms with Gasteiger partial charge < -0.3 is 10.2 Å². The molecule has 0 bridgehead atoms. The van der Waals surface area contributed by atoms with Crippen molar-refractivity contribution in [3.8, 4) is 0 Å². The SMILES string of the molecule is C=C(CC/C=C(\C)CCC=C(C)C)CCC1C=C(CC/C=C(\C)CCC=C(C)C)C[C@H](CO)C1CO. The lowest BCUT2D eigenvalue weighted by Gasteiger charge is -2.36. The van der Waals surface area contributed by atoms with Gasteiger partial charge in [-0.1, -0.05) is 70.4 Å². The molecule has 1 aliphatic rings. The van der Waals surface area contributed by atoms with E-state index >= 15 is 0 Å². The van der Waals surface area contributed by atoms with Crippen LogP contribution < -0.4 is 0 Å². The van der Waals surface area contributed by atoms with Crippen molar-refractivity contribution in [2.75, 3.05) is 13.2 Å². The second-order valence-corrected chi connectivity index (χ2v) is 11.6. The number of hydrogen-bond donors (Lipinski definition) is 2. The van der Waals surface area contributed by atoms with Crippen molar-refractivity contribution in [3.05, 3.63) is 70.4 Å². The quantitative estimate of drug-likeness (QED) is 0.197. The van der Waals surface area contributed by atoms with Crippen LogP contribution in [0.4, 0.5) is 0 Å². The van der Waals surface area contributed by atoms with Crippen LogP contribution in [0, 0.1) is 17.8 Å². The molecule has 0 amide bonds. The molecular formula is C34H56O2. The fourth-order valence-electron chi connectivity index (χ4n) is 5.20. The summed E-state index contributed by atoms with van der Waals surface area (Å²) in [5, 5.41) is 20.1. The predicted octanol–water partition coefficient (Wildman–Crippen LogP) is 9.43. The van der Waals surface area contributed by atoms with Gasteiger partial charge in [0.1, 0.15) is 0 Å². The Labute approximate surface area is 223 Å². The zero-order chi connectivity index (χ0) is 26.9. The van der Waals surface area contributed by atoms with Crippen molar-refractivity contribution >= 4 is 0 Å². The highest BCUT2D eigenvalue weighted by atomic mass is 16.3. The molecule has 0 aliphatic heterocycles. The van der Waals surface area contributed by atoms with Gasteiger partial charge in [-0.3, -0.25) is 0 Å². The van der Waals surface area contributed by atoms with Crippen molar-refractivity contribution < 1.29 is 10.2 Å². The van der Waals surface area contributed by atoms with Crippen LogP contribution in [0.5, 0.6) is 0 Å². The highest BCUT2D eigenvalue weighted by molar-refractivity contribution is 5.15. The van der Waals surface area contributed by atoms with E-state index in [-0.39, 0.29) is 25.0 Å². The first kappa shape index (κ1) is 32.4. The van der Waals surface area contributed by atoms with Crippen molar-refractivity contribution in [1.29, 1.82) is 0 Å². The standard InChI is InChI=1S/C34H56O2/c1-26(2)12-8-14-28(5)16-10-17-30(7)20-21-32-22-31(23-33(24-35)34(32)25-36)19-11-18-29(6)15-9-13-27(3)4/h12-13,16,18,22,32-36H,7-11,14-15,17,19-21,23-25H2,1-6H3/b28-16+,29-18+/t32?,33-,34?/m1/s1. The van der Waals surface area contributed by atoms with Crippen LogP contribution in [0.25, 0.3) is 0 Å². The van der Waals surface area contributed by atoms with E-state index in [1.165, 1.54) is 33.4 Å². The minimum Gasteiger partial charge on any atom is -0.396 e. The lowest BCUT2D eigenvalue weighted by molar-refractivity contribution is 0.0819. The molecule has 0 aromatic heterocycles. The fraction of sp³-hybridized carbons (Fsp3) is 0.647. The Balaban J connectivity index is 2.60. The third-order valence-corrected chi connectivity index (χ3v) is 7.54. The molecule has 2 unspecified atom stereocenters. The van der Waals surface area contributed by atoms with E-state index in [4.69, 9.17) is 0 Å². The molecule has 0 saturated carbocycles. The molecule has 0 aromatic carbocycles. The highest BCUT2D eigenvalue weighted by Crippen LogP contribution is 2.38. The number of aliphatic hydroxyl groups excluding tert-OH is 2. The van der Waals surface area contributed by atoms with Gasteiger partial charge >= 0.3 is 0 Å². The smallest absolute Gasteiger partial charge is 0.0468 e. The molecule has 2 N–H and O–H groups in total. The van der Waals surface area contributed by atoms with Crippen LogP contribution in [0.2, 0.25) is 0 Å². The summed E-state index contributed by atoms with van der Waals surface area (Å²) in [6, 6.07) is 0. The lowest BCUT2D eigenvalue weighted by atomic mass is 9.71. The summed E-state index contributed by atoms with van der Waals surface area (Å²) in [7, 11) is 0.